The maximum Gasteiger partial charge on any atom is 0.265 e. The van der Waals surface area contributed by atoms with Crippen LogP contribution in [0.15, 0.2) is 42.5 Å². The number of para-hydroxylation sites is 1. The topological polar surface area (TPSA) is 64.3 Å². The molecule has 1 atom stereocenters. The lowest BCUT2D eigenvalue weighted by Crippen LogP contribution is -2.30. The molecule has 0 aliphatic rings. The van der Waals surface area contributed by atoms with Crippen LogP contribution in [0.5, 0.6) is 5.75 Å². The summed E-state index contributed by atoms with van der Waals surface area (Å²) < 4.78 is 19.0. The SMILES string of the molecule is C[C@H](Oc1ccccc1Cl)C(=O)Nc1cc(N)ccc1F. The highest BCUT2D eigenvalue weighted by Gasteiger charge is 2.17. The Labute approximate surface area is 126 Å². The van der Waals surface area contributed by atoms with Crippen molar-refractivity contribution in [3.63, 3.8) is 0 Å². The van der Waals surface area contributed by atoms with Crippen LogP contribution in [0.1, 0.15) is 6.92 Å². The smallest absolute Gasteiger partial charge is 0.265 e. The molecule has 0 saturated heterocycles. The molecule has 0 heterocycles. The number of ether oxygens (including phenoxy) is 1. The van der Waals surface area contributed by atoms with Crippen molar-refractivity contribution in [3.8, 4) is 5.75 Å². The predicted octanol–water partition coefficient (Wildman–Crippen LogP) is 3.47. The van der Waals surface area contributed by atoms with Crippen LogP contribution >= 0.6 is 11.6 Å². The number of halogens is 2. The van der Waals surface area contributed by atoms with Gasteiger partial charge in [-0.15, -0.1) is 0 Å². The summed E-state index contributed by atoms with van der Waals surface area (Å²) in [5.41, 5.74) is 5.92. The van der Waals surface area contributed by atoms with E-state index in [1.54, 1.807) is 31.2 Å². The van der Waals surface area contributed by atoms with Crippen LogP contribution in [0.3, 0.4) is 0 Å². The Kier molecular flexibility index (Phi) is 4.65. The van der Waals surface area contributed by atoms with E-state index in [0.29, 0.717) is 16.5 Å². The summed E-state index contributed by atoms with van der Waals surface area (Å²) in [4.78, 5) is 12.0. The number of hydrogen-bond donors (Lipinski definition) is 2. The molecule has 0 saturated carbocycles. The predicted molar refractivity (Wildman–Crippen MR) is 81.0 cm³/mol. The van der Waals surface area contributed by atoms with Gasteiger partial charge in [0.1, 0.15) is 11.6 Å². The monoisotopic (exact) mass is 308 g/mol. The van der Waals surface area contributed by atoms with Gasteiger partial charge in [0, 0.05) is 5.69 Å². The van der Waals surface area contributed by atoms with E-state index >= 15 is 0 Å². The Balaban J connectivity index is 2.06. The van der Waals surface area contributed by atoms with Crippen LogP contribution in [0, 0.1) is 5.82 Å². The lowest BCUT2D eigenvalue weighted by Gasteiger charge is -2.16. The quantitative estimate of drug-likeness (QED) is 0.850. The maximum absolute atomic E-state index is 13.6. The first-order valence-electron chi connectivity index (χ1n) is 6.24. The van der Waals surface area contributed by atoms with Gasteiger partial charge < -0.3 is 15.8 Å². The minimum atomic E-state index is -0.842. The normalized spacial score (nSPS) is 11.8. The molecule has 3 N–H and O–H groups in total. The summed E-state index contributed by atoms with van der Waals surface area (Å²) in [6.45, 7) is 1.54. The Morgan fingerprint density at radius 3 is 2.76 bits per heavy atom. The number of hydrogen-bond acceptors (Lipinski definition) is 3. The summed E-state index contributed by atoms with van der Waals surface area (Å²) >= 11 is 5.95. The highest BCUT2D eigenvalue weighted by Crippen LogP contribution is 2.24. The number of nitrogen functional groups attached to an aromatic ring is 1. The van der Waals surface area contributed by atoms with Crippen LogP contribution in [0.25, 0.3) is 0 Å². The molecule has 0 aliphatic carbocycles. The highest BCUT2D eigenvalue weighted by atomic mass is 35.5. The van der Waals surface area contributed by atoms with Crippen LogP contribution < -0.4 is 15.8 Å². The van der Waals surface area contributed by atoms with Gasteiger partial charge in [-0.2, -0.15) is 0 Å². The number of rotatable bonds is 4. The molecule has 110 valence electrons. The molecule has 21 heavy (non-hydrogen) atoms. The number of carbonyl (C=O) groups is 1. The number of carbonyl (C=O) groups excluding carboxylic acids is 1. The standard InChI is InChI=1S/C15H14ClFN2O2/c1-9(21-14-5-3-2-4-11(14)16)15(20)19-13-8-10(18)6-7-12(13)17/h2-9H,18H2,1H3,(H,19,20)/t9-/m0/s1. The molecule has 2 aromatic carbocycles. The Morgan fingerprint density at radius 2 is 2.05 bits per heavy atom. The van der Waals surface area contributed by atoms with Gasteiger partial charge in [-0.1, -0.05) is 23.7 Å². The maximum atomic E-state index is 13.6. The van der Waals surface area contributed by atoms with Crippen molar-refractivity contribution in [2.75, 3.05) is 11.1 Å². The lowest BCUT2D eigenvalue weighted by molar-refractivity contribution is -0.122. The minimum Gasteiger partial charge on any atom is -0.479 e. The van der Waals surface area contributed by atoms with E-state index in [2.05, 4.69) is 5.32 Å². The fourth-order valence-electron chi connectivity index (χ4n) is 1.66. The van der Waals surface area contributed by atoms with E-state index in [0.717, 1.165) is 0 Å². The van der Waals surface area contributed by atoms with Gasteiger partial charge in [-0.25, -0.2) is 4.39 Å². The second-order valence-corrected chi connectivity index (χ2v) is 4.83. The Morgan fingerprint density at radius 1 is 1.33 bits per heavy atom. The number of benzene rings is 2. The summed E-state index contributed by atoms with van der Waals surface area (Å²) in [5, 5.41) is 2.82. The molecular formula is C15H14ClFN2O2. The van der Waals surface area contributed by atoms with Gasteiger partial charge in [0.15, 0.2) is 6.10 Å². The molecule has 0 bridgehead atoms. The zero-order chi connectivity index (χ0) is 15.4. The molecule has 0 aromatic heterocycles. The Bertz CT molecular complexity index is 664. The van der Waals surface area contributed by atoms with Crippen molar-refractivity contribution < 1.29 is 13.9 Å². The first-order valence-corrected chi connectivity index (χ1v) is 6.62. The molecule has 0 unspecified atom stereocenters. The molecule has 0 spiro atoms. The van der Waals surface area contributed by atoms with E-state index in [-0.39, 0.29) is 5.69 Å². The van der Waals surface area contributed by atoms with Gasteiger partial charge in [0.05, 0.1) is 10.7 Å². The zero-order valence-corrected chi connectivity index (χ0v) is 12.0. The van der Waals surface area contributed by atoms with E-state index in [1.165, 1.54) is 18.2 Å². The second kappa shape index (κ2) is 6.45. The third-order valence-electron chi connectivity index (χ3n) is 2.76. The average Bonchev–Trinajstić information content (AvgIpc) is 2.45. The van der Waals surface area contributed by atoms with Gasteiger partial charge in [0.25, 0.3) is 5.91 Å². The van der Waals surface area contributed by atoms with Crippen molar-refractivity contribution in [2.45, 2.75) is 13.0 Å². The minimum absolute atomic E-state index is 0.00890. The molecule has 0 radical (unpaired) electrons. The third-order valence-corrected chi connectivity index (χ3v) is 3.07. The average molecular weight is 309 g/mol. The number of nitrogens with two attached hydrogens (primary N) is 1. The van der Waals surface area contributed by atoms with Gasteiger partial charge in [-0.05, 0) is 37.3 Å². The fourth-order valence-corrected chi connectivity index (χ4v) is 1.84. The second-order valence-electron chi connectivity index (χ2n) is 4.42. The van der Waals surface area contributed by atoms with Gasteiger partial charge in [0.2, 0.25) is 0 Å². The van der Waals surface area contributed by atoms with Crippen LogP contribution in [-0.4, -0.2) is 12.0 Å². The zero-order valence-electron chi connectivity index (χ0n) is 11.3. The molecule has 6 heteroatoms. The molecule has 0 fully saturated rings. The van der Waals surface area contributed by atoms with Crippen molar-refractivity contribution in [2.24, 2.45) is 0 Å². The molecule has 2 aromatic rings. The molecule has 2 rings (SSSR count). The molecular weight excluding hydrogens is 295 g/mol. The number of nitrogens with one attached hydrogen (secondary N) is 1. The van der Waals surface area contributed by atoms with E-state index in [4.69, 9.17) is 22.1 Å². The van der Waals surface area contributed by atoms with Crippen LogP contribution in [0.2, 0.25) is 5.02 Å². The lowest BCUT2D eigenvalue weighted by atomic mass is 10.2. The molecule has 0 aliphatic heterocycles. The van der Waals surface area contributed by atoms with Crippen LogP contribution in [-0.2, 0) is 4.79 Å². The fraction of sp³-hybridized carbons (Fsp3) is 0.133. The molecule has 4 nitrogen and oxygen atoms in total. The number of amides is 1. The Hall–Kier alpha value is -2.27. The largest absolute Gasteiger partial charge is 0.479 e. The summed E-state index contributed by atoms with van der Waals surface area (Å²) in [5.74, 6) is -0.684. The highest BCUT2D eigenvalue weighted by molar-refractivity contribution is 6.32. The van der Waals surface area contributed by atoms with Gasteiger partial charge >= 0.3 is 0 Å². The first kappa shape index (κ1) is 15.1. The molecule has 1 amide bonds. The van der Waals surface area contributed by atoms with Crippen molar-refractivity contribution in [3.05, 3.63) is 53.3 Å². The summed E-state index contributed by atoms with van der Waals surface area (Å²) in [6, 6.07) is 10.7. The van der Waals surface area contributed by atoms with Crippen LogP contribution in [0.4, 0.5) is 15.8 Å². The van der Waals surface area contributed by atoms with Crippen molar-refractivity contribution in [1.82, 2.24) is 0 Å². The third kappa shape index (κ3) is 3.86. The first-order chi connectivity index (χ1) is 9.97. The van der Waals surface area contributed by atoms with E-state index in [9.17, 15) is 9.18 Å². The van der Waals surface area contributed by atoms with Crippen molar-refractivity contribution in [1.29, 1.82) is 0 Å². The van der Waals surface area contributed by atoms with E-state index in [1.807, 2.05) is 0 Å². The summed E-state index contributed by atoms with van der Waals surface area (Å²) in [6.07, 6.45) is -0.842. The van der Waals surface area contributed by atoms with E-state index < -0.39 is 17.8 Å². The van der Waals surface area contributed by atoms with Crippen molar-refractivity contribution >= 4 is 28.9 Å². The van der Waals surface area contributed by atoms with Gasteiger partial charge in [-0.3, -0.25) is 4.79 Å². The summed E-state index contributed by atoms with van der Waals surface area (Å²) in [7, 11) is 0. The number of anilines is 2.